The van der Waals surface area contributed by atoms with Crippen LogP contribution in [0, 0.1) is 0 Å². The summed E-state index contributed by atoms with van der Waals surface area (Å²) in [6.45, 7) is 6.53. The van der Waals surface area contributed by atoms with E-state index >= 15 is 0 Å². The summed E-state index contributed by atoms with van der Waals surface area (Å²) < 4.78 is 40.0. The zero-order valence-electron chi connectivity index (χ0n) is 13.2. The molecule has 2 N–H and O–H groups in total. The second kappa shape index (κ2) is 8.24. The van der Waals surface area contributed by atoms with E-state index in [0.717, 1.165) is 0 Å². The third-order valence-corrected chi connectivity index (χ3v) is 5.71. The van der Waals surface area contributed by atoms with Gasteiger partial charge in [-0.1, -0.05) is 23.7 Å². The van der Waals surface area contributed by atoms with E-state index in [4.69, 9.17) is 35.0 Å². The number of halogens is 1. The third kappa shape index (κ3) is 7.04. The van der Waals surface area contributed by atoms with Crippen molar-refractivity contribution < 1.29 is 32.5 Å². The lowest BCUT2D eigenvalue weighted by atomic mass is 10.2. The van der Waals surface area contributed by atoms with Crippen LogP contribution in [0.5, 0.6) is 0 Å². The highest BCUT2D eigenvalue weighted by Crippen LogP contribution is 2.66. The molecule has 1 unspecified atom stereocenters. The van der Waals surface area contributed by atoms with Gasteiger partial charge in [-0.3, -0.25) is 9.09 Å². The lowest BCUT2D eigenvalue weighted by Gasteiger charge is -2.29. The Hall–Kier alpha value is -0.230. The van der Waals surface area contributed by atoms with Gasteiger partial charge in [0.15, 0.2) is 5.85 Å². The fourth-order valence-electron chi connectivity index (χ4n) is 1.78. The molecule has 23 heavy (non-hydrogen) atoms. The molecule has 1 rings (SSSR count). The SMILES string of the molecule is CC(C)OP(=O)(OC(C)C)C(OP(=O)(O)O)c1ccc(Cl)cc1. The summed E-state index contributed by atoms with van der Waals surface area (Å²) in [7, 11) is -8.98. The molecule has 0 aromatic heterocycles. The molecule has 0 bridgehead atoms. The van der Waals surface area contributed by atoms with Gasteiger partial charge in [-0.15, -0.1) is 0 Å². The molecular weight excluding hydrogens is 366 g/mol. The van der Waals surface area contributed by atoms with Crippen LogP contribution in [0.4, 0.5) is 0 Å². The minimum absolute atomic E-state index is 0.224. The third-order valence-electron chi connectivity index (χ3n) is 2.40. The maximum atomic E-state index is 13.2. The average molecular weight is 387 g/mol. The van der Waals surface area contributed by atoms with Crippen LogP contribution >= 0.6 is 27.0 Å². The van der Waals surface area contributed by atoms with Gasteiger partial charge in [-0.05, 0) is 45.4 Å². The van der Waals surface area contributed by atoms with Crippen molar-refractivity contribution in [3.8, 4) is 0 Å². The second-order valence-corrected chi connectivity index (χ2v) is 8.95. The standard InChI is InChI=1S/C13H21ClO7P2/c1-9(2)19-22(15,20-10(3)4)13(21-23(16,17)18)11-5-7-12(14)8-6-11/h5-10,13H,1-4H3,(H2,16,17,18). The molecule has 10 heteroatoms. The number of phosphoric ester groups is 1. The summed E-state index contributed by atoms with van der Waals surface area (Å²) in [6.07, 6.45) is -1.01. The van der Waals surface area contributed by atoms with E-state index in [1.165, 1.54) is 24.3 Å². The molecule has 0 aliphatic carbocycles. The summed E-state index contributed by atoms with van der Waals surface area (Å²) in [6, 6.07) is 5.87. The molecule has 0 aliphatic rings. The van der Waals surface area contributed by atoms with E-state index in [1.54, 1.807) is 27.7 Å². The van der Waals surface area contributed by atoms with E-state index in [-0.39, 0.29) is 5.56 Å². The maximum Gasteiger partial charge on any atom is 0.470 e. The van der Waals surface area contributed by atoms with Crippen LogP contribution in [-0.2, 0) is 22.7 Å². The van der Waals surface area contributed by atoms with E-state index in [9.17, 15) is 9.13 Å². The van der Waals surface area contributed by atoms with Crippen molar-refractivity contribution in [1.82, 2.24) is 0 Å². The predicted octanol–water partition coefficient (Wildman–Crippen LogP) is 4.49. The smallest absolute Gasteiger partial charge is 0.304 e. The highest BCUT2D eigenvalue weighted by molar-refractivity contribution is 7.55. The Morgan fingerprint density at radius 2 is 1.35 bits per heavy atom. The van der Waals surface area contributed by atoms with Gasteiger partial charge in [0.2, 0.25) is 0 Å². The first kappa shape index (κ1) is 20.8. The molecule has 0 fully saturated rings. The van der Waals surface area contributed by atoms with Gasteiger partial charge < -0.3 is 18.8 Å². The molecule has 1 aromatic carbocycles. The van der Waals surface area contributed by atoms with Crippen molar-refractivity contribution in [2.45, 2.75) is 45.7 Å². The van der Waals surface area contributed by atoms with Crippen LogP contribution in [0.15, 0.2) is 24.3 Å². The fourth-order valence-corrected chi connectivity index (χ4v) is 5.10. The minimum atomic E-state index is -4.95. The number of phosphoric acid groups is 1. The topological polar surface area (TPSA) is 102 Å². The molecule has 1 aromatic rings. The van der Waals surface area contributed by atoms with Gasteiger partial charge >= 0.3 is 15.4 Å². The molecule has 7 nitrogen and oxygen atoms in total. The molecule has 0 heterocycles. The van der Waals surface area contributed by atoms with Crippen LogP contribution in [0.2, 0.25) is 5.02 Å². The van der Waals surface area contributed by atoms with E-state index < -0.39 is 33.5 Å². The second-order valence-electron chi connectivity index (χ2n) is 5.35. The Morgan fingerprint density at radius 1 is 0.913 bits per heavy atom. The van der Waals surface area contributed by atoms with Crippen molar-refractivity contribution in [3.63, 3.8) is 0 Å². The summed E-state index contributed by atoms with van der Waals surface area (Å²) in [5, 5.41) is 0.410. The van der Waals surface area contributed by atoms with Crippen LogP contribution in [-0.4, -0.2) is 22.0 Å². The number of rotatable bonds is 8. The van der Waals surface area contributed by atoms with Crippen molar-refractivity contribution in [2.75, 3.05) is 0 Å². The Labute approximate surface area is 140 Å². The van der Waals surface area contributed by atoms with Crippen LogP contribution in [0.3, 0.4) is 0 Å². The first-order chi connectivity index (χ1) is 10.4. The molecule has 132 valence electrons. The van der Waals surface area contributed by atoms with Crippen molar-refractivity contribution >= 4 is 27.0 Å². The quantitative estimate of drug-likeness (QED) is 0.634. The lowest BCUT2D eigenvalue weighted by Crippen LogP contribution is -2.15. The molecule has 0 spiro atoms. The van der Waals surface area contributed by atoms with Gasteiger partial charge in [0.25, 0.3) is 0 Å². The Balaban J connectivity index is 3.35. The molecule has 1 atom stereocenters. The Morgan fingerprint density at radius 3 is 1.70 bits per heavy atom. The van der Waals surface area contributed by atoms with Crippen molar-refractivity contribution in [1.29, 1.82) is 0 Å². The van der Waals surface area contributed by atoms with Crippen LogP contribution in [0.25, 0.3) is 0 Å². The minimum Gasteiger partial charge on any atom is -0.304 e. The zero-order valence-corrected chi connectivity index (χ0v) is 15.8. The van der Waals surface area contributed by atoms with Gasteiger partial charge in [-0.2, -0.15) is 0 Å². The normalized spacial score (nSPS) is 14.5. The Bertz CT molecular complexity index is 583. The molecule has 0 amide bonds. The number of hydrogen-bond acceptors (Lipinski definition) is 5. The molecular formula is C13H21ClO7P2. The number of benzene rings is 1. The highest BCUT2D eigenvalue weighted by atomic mass is 35.5. The lowest BCUT2D eigenvalue weighted by molar-refractivity contribution is 0.0931. The Kier molecular flexibility index (Phi) is 7.45. The van der Waals surface area contributed by atoms with Gasteiger partial charge in [-0.25, -0.2) is 4.57 Å². The van der Waals surface area contributed by atoms with Crippen LogP contribution in [0.1, 0.15) is 39.1 Å². The monoisotopic (exact) mass is 386 g/mol. The van der Waals surface area contributed by atoms with Crippen molar-refractivity contribution in [2.24, 2.45) is 0 Å². The van der Waals surface area contributed by atoms with E-state index in [0.29, 0.717) is 5.02 Å². The van der Waals surface area contributed by atoms with Gasteiger partial charge in [0.1, 0.15) is 0 Å². The largest absolute Gasteiger partial charge is 0.470 e. The first-order valence-electron chi connectivity index (χ1n) is 6.89. The molecule has 0 aliphatic heterocycles. The zero-order chi connectivity index (χ0) is 17.8. The highest BCUT2D eigenvalue weighted by Gasteiger charge is 2.44. The maximum absolute atomic E-state index is 13.2. The predicted molar refractivity (Wildman–Crippen MR) is 87.4 cm³/mol. The molecule has 0 radical (unpaired) electrons. The van der Waals surface area contributed by atoms with Gasteiger partial charge in [0, 0.05) is 5.02 Å². The molecule has 0 saturated heterocycles. The summed E-state index contributed by atoms with van der Waals surface area (Å²) >= 11 is 5.81. The van der Waals surface area contributed by atoms with E-state index in [2.05, 4.69) is 0 Å². The average Bonchev–Trinajstić information content (AvgIpc) is 2.34. The number of hydrogen-bond donors (Lipinski definition) is 2. The molecule has 0 saturated carbocycles. The first-order valence-corrected chi connectivity index (χ1v) is 10.4. The summed E-state index contributed by atoms with van der Waals surface area (Å²) in [5.74, 6) is -1.58. The fraction of sp³-hybridized carbons (Fsp3) is 0.538. The summed E-state index contributed by atoms with van der Waals surface area (Å²) in [4.78, 5) is 18.3. The van der Waals surface area contributed by atoms with Crippen LogP contribution < -0.4 is 0 Å². The van der Waals surface area contributed by atoms with Crippen molar-refractivity contribution in [3.05, 3.63) is 34.9 Å². The summed E-state index contributed by atoms with van der Waals surface area (Å²) in [5.41, 5.74) is 0.224. The van der Waals surface area contributed by atoms with E-state index in [1.807, 2.05) is 0 Å². The van der Waals surface area contributed by atoms with Gasteiger partial charge in [0.05, 0.1) is 12.2 Å².